The highest BCUT2D eigenvalue weighted by molar-refractivity contribution is 7.98. The van der Waals surface area contributed by atoms with Crippen LogP contribution in [-0.4, -0.2) is 59.6 Å². The summed E-state index contributed by atoms with van der Waals surface area (Å²) in [7, 11) is 1.18. The maximum Gasteiger partial charge on any atom is 0.508 e. The highest BCUT2D eigenvalue weighted by Gasteiger charge is 2.32. The summed E-state index contributed by atoms with van der Waals surface area (Å²) in [4.78, 5) is 48.5. The number of ether oxygens (including phenoxy) is 4. The van der Waals surface area contributed by atoms with E-state index < -0.39 is 36.0 Å². The molecule has 0 aliphatic rings. The lowest BCUT2D eigenvalue weighted by molar-refractivity contribution is -0.139. The number of methoxy groups -OCH3 is 1. The van der Waals surface area contributed by atoms with Gasteiger partial charge >= 0.3 is 18.2 Å². The molecule has 0 saturated carbocycles. The van der Waals surface area contributed by atoms with Crippen LogP contribution in [0.3, 0.4) is 0 Å². The number of amides is 1. The monoisotopic (exact) mass is 789 g/mol. The normalized spacial score (nSPS) is 11.2. The number of anilines is 1. The van der Waals surface area contributed by atoms with Crippen LogP contribution >= 0.6 is 34.7 Å². The zero-order valence-corrected chi connectivity index (χ0v) is 33.4. The summed E-state index contributed by atoms with van der Waals surface area (Å²) >= 11 is 8.71. The summed E-state index contributed by atoms with van der Waals surface area (Å²) < 4.78 is 20.9. The Kier molecular flexibility index (Phi) is 14.1. The van der Waals surface area contributed by atoms with Crippen molar-refractivity contribution < 1.29 is 33.3 Å². The average molecular weight is 790 g/mol. The summed E-state index contributed by atoms with van der Waals surface area (Å²) in [6.07, 6.45) is -0.573. The van der Waals surface area contributed by atoms with Gasteiger partial charge in [0.1, 0.15) is 45.5 Å². The Morgan fingerprint density at radius 3 is 2.11 bits per heavy atom. The third-order valence-corrected chi connectivity index (χ3v) is 9.42. The first-order valence-electron chi connectivity index (χ1n) is 16.8. The van der Waals surface area contributed by atoms with E-state index in [4.69, 9.17) is 35.5 Å². The van der Waals surface area contributed by atoms with Gasteiger partial charge in [-0.2, -0.15) is 10.5 Å². The summed E-state index contributed by atoms with van der Waals surface area (Å²) in [6.45, 7) is 9.83. The topological polar surface area (TPSA) is 165 Å². The van der Waals surface area contributed by atoms with Crippen LogP contribution in [0.1, 0.15) is 70.3 Å². The van der Waals surface area contributed by atoms with E-state index in [1.54, 1.807) is 65.8 Å². The third kappa shape index (κ3) is 11.7. The van der Waals surface area contributed by atoms with Crippen LogP contribution in [-0.2, 0) is 35.9 Å². The molecule has 0 N–H and O–H groups in total. The van der Waals surface area contributed by atoms with Gasteiger partial charge in [-0.1, -0.05) is 59.8 Å². The van der Waals surface area contributed by atoms with E-state index in [1.807, 2.05) is 29.6 Å². The molecule has 2 aromatic carbocycles. The van der Waals surface area contributed by atoms with Gasteiger partial charge in [0, 0.05) is 27.3 Å². The minimum Gasteiger partial charge on any atom is -0.468 e. The number of carbonyl (C=O) groups excluding carboxylic acids is 3. The summed E-state index contributed by atoms with van der Waals surface area (Å²) in [5.41, 5.74) is 1.64. The van der Waals surface area contributed by atoms with Crippen molar-refractivity contribution in [2.75, 3.05) is 25.2 Å². The van der Waals surface area contributed by atoms with Crippen LogP contribution in [0.5, 0.6) is 0 Å². The highest BCUT2D eigenvalue weighted by Crippen LogP contribution is 2.40. The summed E-state index contributed by atoms with van der Waals surface area (Å²) in [5, 5.41) is 24.7. The molecule has 2 aromatic heterocycles. The molecule has 0 aliphatic heterocycles. The number of benzene rings is 2. The molecular formula is C39H40ClN5O7S2. The zero-order chi connectivity index (χ0) is 39.6. The van der Waals surface area contributed by atoms with Gasteiger partial charge in [0.25, 0.3) is 0 Å². The molecule has 0 spiro atoms. The molecule has 0 bridgehead atoms. The van der Waals surface area contributed by atoms with E-state index in [-0.39, 0.29) is 34.1 Å². The predicted molar refractivity (Wildman–Crippen MR) is 207 cm³/mol. The second-order valence-electron chi connectivity index (χ2n) is 13.8. The standard InChI is InChI=1S/C39H40ClN5O7S2/c1-38(2,3)51-36(47)45(21-31(46)49-7)33-29(19-41)32(25-12-10-24(11-13-25)9-8-18-50-37(48)52-39(4,5)6)30(20-42)35(44-33)54-23-28-22-53-34(43-28)26-14-16-27(40)17-15-26/h10-17,22H,8-9,18,21,23H2,1-7H3. The number of thioether (sulfide) groups is 1. The molecule has 54 heavy (non-hydrogen) atoms. The largest absolute Gasteiger partial charge is 0.508 e. The number of carbonyl (C=O) groups is 3. The van der Waals surface area contributed by atoms with Gasteiger partial charge in [-0.15, -0.1) is 11.3 Å². The van der Waals surface area contributed by atoms with Gasteiger partial charge in [-0.3, -0.25) is 4.79 Å². The van der Waals surface area contributed by atoms with Crippen LogP contribution < -0.4 is 4.90 Å². The Labute approximate surface area is 328 Å². The van der Waals surface area contributed by atoms with Crippen molar-refractivity contribution >= 4 is 58.7 Å². The van der Waals surface area contributed by atoms with Gasteiger partial charge in [-0.25, -0.2) is 24.5 Å². The molecule has 4 rings (SSSR count). The predicted octanol–water partition coefficient (Wildman–Crippen LogP) is 9.36. The molecule has 2 heterocycles. The minimum atomic E-state index is -0.953. The van der Waals surface area contributed by atoms with E-state index in [9.17, 15) is 24.9 Å². The molecule has 0 aliphatic carbocycles. The van der Waals surface area contributed by atoms with Gasteiger partial charge in [0.05, 0.1) is 25.0 Å². The number of aromatic nitrogens is 2. The zero-order valence-electron chi connectivity index (χ0n) is 31.0. The fourth-order valence-electron chi connectivity index (χ4n) is 4.88. The van der Waals surface area contributed by atoms with Crippen LogP contribution in [0.4, 0.5) is 15.4 Å². The number of pyridine rings is 1. The number of nitriles is 2. The Morgan fingerprint density at radius 2 is 1.52 bits per heavy atom. The van der Waals surface area contributed by atoms with Crippen LogP contribution in [0.15, 0.2) is 58.9 Å². The van der Waals surface area contributed by atoms with Crippen molar-refractivity contribution in [2.45, 2.75) is 76.4 Å². The molecule has 1 amide bonds. The number of halogens is 1. The lowest BCUT2D eigenvalue weighted by Gasteiger charge is -2.27. The van der Waals surface area contributed by atoms with Crippen LogP contribution in [0.2, 0.25) is 5.02 Å². The Morgan fingerprint density at radius 1 is 0.889 bits per heavy atom. The number of hydrogen-bond acceptors (Lipinski definition) is 13. The third-order valence-electron chi connectivity index (χ3n) is 7.21. The van der Waals surface area contributed by atoms with Crippen molar-refractivity contribution in [3.63, 3.8) is 0 Å². The van der Waals surface area contributed by atoms with E-state index >= 15 is 0 Å². The Balaban J connectivity index is 1.74. The Bertz CT molecular complexity index is 2060. The van der Waals surface area contributed by atoms with E-state index in [0.717, 1.165) is 21.0 Å². The van der Waals surface area contributed by atoms with Crippen molar-refractivity contribution in [3.8, 4) is 33.8 Å². The number of nitrogens with zero attached hydrogens (tertiary/aromatic N) is 5. The molecule has 4 aromatic rings. The number of rotatable bonds is 12. The molecule has 0 fully saturated rings. The SMILES string of the molecule is COC(=O)CN(C(=O)OC(C)(C)C)c1nc(SCc2csc(-c3ccc(Cl)cc3)n2)c(C#N)c(-c2ccc(CCCOC(=O)OC(C)(C)C)cc2)c1C#N. The smallest absolute Gasteiger partial charge is 0.468 e. The van der Waals surface area contributed by atoms with Crippen molar-refractivity contribution in [1.29, 1.82) is 10.5 Å². The van der Waals surface area contributed by atoms with Crippen molar-refractivity contribution in [3.05, 3.63) is 81.3 Å². The van der Waals surface area contributed by atoms with Crippen LogP contribution in [0, 0.1) is 22.7 Å². The molecule has 15 heteroatoms. The van der Waals surface area contributed by atoms with Gasteiger partial charge in [0.2, 0.25) is 0 Å². The summed E-state index contributed by atoms with van der Waals surface area (Å²) in [6, 6.07) is 18.9. The molecule has 0 atom stereocenters. The van der Waals surface area contributed by atoms with E-state index in [1.165, 1.54) is 30.2 Å². The second-order valence-corrected chi connectivity index (χ2v) is 16.0. The number of aryl methyl sites for hydroxylation is 1. The average Bonchev–Trinajstić information content (AvgIpc) is 3.59. The first kappa shape index (κ1) is 41.6. The first-order chi connectivity index (χ1) is 25.5. The Hall–Kier alpha value is -5.15. The van der Waals surface area contributed by atoms with Gasteiger partial charge in [-0.05, 0) is 77.6 Å². The highest BCUT2D eigenvalue weighted by atomic mass is 35.5. The molecule has 0 saturated heterocycles. The molecule has 0 radical (unpaired) electrons. The maximum absolute atomic E-state index is 13.6. The summed E-state index contributed by atoms with van der Waals surface area (Å²) in [5.74, 6) is -0.648. The van der Waals surface area contributed by atoms with Gasteiger partial charge < -0.3 is 18.9 Å². The first-order valence-corrected chi connectivity index (χ1v) is 19.0. The minimum absolute atomic E-state index is 0.106. The lowest BCUT2D eigenvalue weighted by atomic mass is 9.95. The number of thiazole rings is 1. The number of esters is 1. The second kappa shape index (κ2) is 18.3. The number of hydrogen-bond donors (Lipinski definition) is 0. The maximum atomic E-state index is 13.6. The van der Waals surface area contributed by atoms with E-state index in [0.29, 0.717) is 34.9 Å². The molecular weight excluding hydrogens is 750 g/mol. The molecule has 12 nitrogen and oxygen atoms in total. The fraction of sp³-hybridized carbons (Fsp3) is 0.359. The quantitative estimate of drug-likeness (QED) is 0.0579. The van der Waals surface area contributed by atoms with Crippen LogP contribution in [0.25, 0.3) is 21.7 Å². The van der Waals surface area contributed by atoms with Gasteiger partial charge in [0.15, 0.2) is 5.82 Å². The van der Waals surface area contributed by atoms with Crippen molar-refractivity contribution in [1.82, 2.24) is 9.97 Å². The molecule has 0 unspecified atom stereocenters. The van der Waals surface area contributed by atoms with Crippen molar-refractivity contribution in [2.24, 2.45) is 0 Å². The van der Waals surface area contributed by atoms with E-state index in [2.05, 4.69) is 17.1 Å². The fourth-order valence-corrected chi connectivity index (χ4v) is 6.81. The molecule has 282 valence electrons. The lowest BCUT2D eigenvalue weighted by Crippen LogP contribution is -2.41.